The second-order valence-corrected chi connectivity index (χ2v) is 4.87. The summed E-state index contributed by atoms with van der Waals surface area (Å²) in [5, 5.41) is 9.22. The number of amides is 1. The van der Waals surface area contributed by atoms with Gasteiger partial charge in [-0.25, -0.2) is 0 Å². The fourth-order valence-electron chi connectivity index (χ4n) is 1.69. The van der Waals surface area contributed by atoms with Crippen molar-refractivity contribution in [3.8, 4) is 5.75 Å². The molecule has 1 rings (SSSR count). The number of rotatable bonds is 4. The molecule has 94 valence electrons. The molecule has 0 bridgehead atoms. The molecule has 0 spiro atoms. The van der Waals surface area contributed by atoms with E-state index in [0.29, 0.717) is 12.3 Å². The van der Waals surface area contributed by atoms with Crippen LogP contribution in [0.2, 0.25) is 0 Å². The van der Waals surface area contributed by atoms with Crippen molar-refractivity contribution in [1.29, 1.82) is 0 Å². The molecule has 0 fully saturated rings. The highest BCUT2D eigenvalue weighted by Gasteiger charge is 2.17. The van der Waals surface area contributed by atoms with Crippen LogP contribution in [0.4, 0.5) is 0 Å². The van der Waals surface area contributed by atoms with Gasteiger partial charge in [0.15, 0.2) is 0 Å². The topological polar surface area (TPSA) is 40.5 Å². The minimum atomic E-state index is 0.0295. The Morgan fingerprint density at radius 3 is 2.24 bits per heavy atom. The van der Waals surface area contributed by atoms with Crippen molar-refractivity contribution in [3.63, 3.8) is 0 Å². The van der Waals surface area contributed by atoms with Crippen LogP contribution < -0.4 is 0 Å². The number of benzene rings is 1. The smallest absolute Gasteiger partial charge is 0.223 e. The molecule has 1 N–H and O–H groups in total. The van der Waals surface area contributed by atoms with Gasteiger partial charge in [0.05, 0.1) is 6.04 Å². The van der Waals surface area contributed by atoms with Gasteiger partial charge in [0.1, 0.15) is 5.75 Å². The molecule has 0 saturated heterocycles. The Bertz CT molecular complexity index is 370. The number of carbonyl (C=O) groups excluding carboxylic acids is 1. The van der Waals surface area contributed by atoms with Gasteiger partial charge in [-0.1, -0.05) is 26.0 Å². The molecule has 0 heterocycles. The minimum absolute atomic E-state index is 0.0295. The van der Waals surface area contributed by atoms with Gasteiger partial charge in [-0.3, -0.25) is 4.79 Å². The quantitative estimate of drug-likeness (QED) is 0.871. The number of hydrogen-bond acceptors (Lipinski definition) is 2. The molecule has 0 saturated carbocycles. The van der Waals surface area contributed by atoms with E-state index < -0.39 is 0 Å². The summed E-state index contributed by atoms with van der Waals surface area (Å²) in [7, 11) is 1.82. The molecular weight excluding hydrogens is 214 g/mol. The van der Waals surface area contributed by atoms with Gasteiger partial charge >= 0.3 is 0 Å². The van der Waals surface area contributed by atoms with Gasteiger partial charge in [0.2, 0.25) is 5.91 Å². The number of phenols is 1. The first kappa shape index (κ1) is 13.6. The molecular formula is C14H21NO2. The molecule has 1 aromatic carbocycles. The summed E-state index contributed by atoms with van der Waals surface area (Å²) >= 11 is 0. The Hall–Kier alpha value is -1.51. The molecule has 0 aromatic heterocycles. The van der Waals surface area contributed by atoms with E-state index in [1.165, 1.54) is 0 Å². The Kier molecular flexibility index (Phi) is 4.55. The predicted molar refractivity (Wildman–Crippen MR) is 68.7 cm³/mol. The third kappa shape index (κ3) is 3.77. The summed E-state index contributed by atoms with van der Waals surface area (Å²) in [5.74, 6) is 0.773. The first-order chi connectivity index (χ1) is 7.91. The average molecular weight is 235 g/mol. The second-order valence-electron chi connectivity index (χ2n) is 4.87. The van der Waals surface area contributed by atoms with E-state index in [1.54, 1.807) is 17.0 Å². The third-order valence-corrected chi connectivity index (χ3v) is 2.93. The van der Waals surface area contributed by atoms with Gasteiger partial charge in [-0.15, -0.1) is 0 Å². The fourth-order valence-corrected chi connectivity index (χ4v) is 1.69. The summed E-state index contributed by atoms with van der Waals surface area (Å²) in [6, 6.07) is 7.01. The molecule has 17 heavy (non-hydrogen) atoms. The highest BCUT2D eigenvalue weighted by Crippen LogP contribution is 2.22. The lowest BCUT2D eigenvalue weighted by Crippen LogP contribution is -2.30. The monoisotopic (exact) mass is 235 g/mol. The summed E-state index contributed by atoms with van der Waals surface area (Å²) in [6.07, 6.45) is 0.568. The number of carbonyl (C=O) groups is 1. The van der Waals surface area contributed by atoms with Gasteiger partial charge in [-0.2, -0.15) is 0 Å². The van der Waals surface area contributed by atoms with Crippen LogP contribution in [0.1, 0.15) is 38.8 Å². The molecule has 0 radical (unpaired) electrons. The number of phenolic OH excluding ortho intramolecular Hbond substituents is 1. The van der Waals surface area contributed by atoms with Gasteiger partial charge in [0, 0.05) is 13.5 Å². The van der Waals surface area contributed by atoms with E-state index in [0.717, 1.165) is 5.56 Å². The summed E-state index contributed by atoms with van der Waals surface area (Å²) in [4.78, 5) is 13.7. The van der Waals surface area contributed by atoms with Crippen LogP contribution in [-0.4, -0.2) is 23.0 Å². The van der Waals surface area contributed by atoms with Crippen LogP contribution in [0.5, 0.6) is 5.75 Å². The zero-order valence-electron chi connectivity index (χ0n) is 11.0. The lowest BCUT2D eigenvalue weighted by atomic mass is 10.1. The first-order valence-electron chi connectivity index (χ1n) is 5.96. The molecule has 3 nitrogen and oxygen atoms in total. The van der Waals surface area contributed by atoms with Crippen LogP contribution in [0, 0.1) is 5.92 Å². The van der Waals surface area contributed by atoms with Crippen LogP contribution in [0.3, 0.4) is 0 Å². The van der Waals surface area contributed by atoms with E-state index >= 15 is 0 Å². The minimum Gasteiger partial charge on any atom is -0.508 e. The van der Waals surface area contributed by atoms with E-state index in [2.05, 4.69) is 0 Å². The highest BCUT2D eigenvalue weighted by atomic mass is 16.3. The second kappa shape index (κ2) is 5.71. The lowest BCUT2D eigenvalue weighted by molar-refractivity contribution is -0.132. The molecule has 1 unspecified atom stereocenters. The SMILES string of the molecule is CC(C)CC(=O)N(C)C(C)c1ccc(O)cc1. The Balaban J connectivity index is 2.72. The van der Waals surface area contributed by atoms with E-state index in [4.69, 9.17) is 0 Å². The summed E-state index contributed by atoms with van der Waals surface area (Å²) in [6.45, 7) is 6.07. The first-order valence-corrected chi connectivity index (χ1v) is 5.96. The highest BCUT2D eigenvalue weighted by molar-refractivity contribution is 5.76. The van der Waals surface area contributed by atoms with Crippen molar-refractivity contribution in [1.82, 2.24) is 4.90 Å². The normalized spacial score (nSPS) is 12.5. The molecule has 1 amide bonds. The maximum absolute atomic E-state index is 11.9. The van der Waals surface area contributed by atoms with Crippen LogP contribution >= 0.6 is 0 Å². The Labute approximate surface area is 103 Å². The van der Waals surface area contributed by atoms with E-state index in [1.807, 2.05) is 40.0 Å². The Morgan fingerprint density at radius 1 is 1.24 bits per heavy atom. The number of nitrogens with zero attached hydrogens (tertiary/aromatic N) is 1. The van der Waals surface area contributed by atoms with E-state index in [-0.39, 0.29) is 17.7 Å². The maximum atomic E-state index is 11.9. The van der Waals surface area contributed by atoms with Gasteiger partial charge in [-0.05, 0) is 30.5 Å². The maximum Gasteiger partial charge on any atom is 0.223 e. The molecule has 1 atom stereocenters. The molecule has 0 aliphatic rings. The van der Waals surface area contributed by atoms with E-state index in [9.17, 15) is 9.90 Å². The van der Waals surface area contributed by atoms with Crippen molar-refractivity contribution in [2.24, 2.45) is 5.92 Å². The zero-order valence-corrected chi connectivity index (χ0v) is 11.0. The Morgan fingerprint density at radius 2 is 1.76 bits per heavy atom. The fraction of sp³-hybridized carbons (Fsp3) is 0.500. The van der Waals surface area contributed by atoms with Crippen molar-refractivity contribution in [2.45, 2.75) is 33.2 Å². The molecule has 0 aliphatic heterocycles. The molecule has 3 heteroatoms. The summed E-state index contributed by atoms with van der Waals surface area (Å²) in [5.41, 5.74) is 1.03. The molecule has 0 aliphatic carbocycles. The zero-order chi connectivity index (χ0) is 13.0. The van der Waals surface area contributed by atoms with Crippen LogP contribution in [0.25, 0.3) is 0 Å². The lowest BCUT2D eigenvalue weighted by Gasteiger charge is -2.26. The average Bonchev–Trinajstić information content (AvgIpc) is 2.27. The van der Waals surface area contributed by atoms with Crippen molar-refractivity contribution < 1.29 is 9.90 Å². The van der Waals surface area contributed by atoms with Crippen molar-refractivity contribution in [2.75, 3.05) is 7.05 Å². The van der Waals surface area contributed by atoms with Gasteiger partial charge in [0.25, 0.3) is 0 Å². The van der Waals surface area contributed by atoms with Crippen molar-refractivity contribution in [3.05, 3.63) is 29.8 Å². The van der Waals surface area contributed by atoms with Crippen molar-refractivity contribution >= 4 is 5.91 Å². The summed E-state index contributed by atoms with van der Waals surface area (Å²) < 4.78 is 0. The number of hydrogen-bond donors (Lipinski definition) is 1. The molecule has 1 aromatic rings. The predicted octanol–water partition coefficient (Wildman–Crippen LogP) is 2.96. The van der Waals surface area contributed by atoms with Gasteiger partial charge < -0.3 is 10.0 Å². The number of aromatic hydroxyl groups is 1. The van der Waals surface area contributed by atoms with Crippen LogP contribution in [0.15, 0.2) is 24.3 Å². The van der Waals surface area contributed by atoms with Crippen LogP contribution in [-0.2, 0) is 4.79 Å². The standard InChI is InChI=1S/C14H21NO2/c1-10(2)9-14(17)15(4)11(3)12-5-7-13(16)8-6-12/h5-8,10-11,16H,9H2,1-4H3. The largest absolute Gasteiger partial charge is 0.508 e. The third-order valence-electron chi connectivity index (χ3n) is 2.93.